The Hall–Kier alpha value is -3.73. The standard InChI is InChI=1S/C26H27F3N4O7S2/c1-16-22(24(35)36)41-25(31-16)32-11-12-33(42(37,38)20-9-7-19(8-10-20)40-26(27,28)29)21(14-32)23(34)30-13-17-3-5-18(6-4-17)15-39-2/h3-10,21H,11-15H2,1-2H3,(H,30,34)(H,35,36)/t21-/m1/s1. The molecule has 0 unspecified atom stereocenters. The number of methoxy groups -OCH3 is 1. The molecule has 1 amide bonds. The minimum absolute atomic E-state index is 0.0270. The number of amides is 1. The summed E-state index contributed by atoms with van der Waals surface area (Å²) < 4.78 is 74.8. The minimum atomic E-state index is -4.95. The molecular weight excluding hydrogens is 601 g/mol. The first-order chi connectivity index (χ1) is 19.8. The first-order valence-electron chi connectivity index (χ1n) is 12.5. The van der Waals surface area contributed by atoms with Gasteiger partial charge in [0.15, 0.2) is 5.13 Å². The number of aromatic nitrogens is 1. The lowest BCUT2D eigenvalue weighted by Gasteiger charge is -2.39. The minimum Gasteiger partial charge on any atom is -0.477 e. The molecule has 11 nitrogen and oxygen atoms in total. The predicted molar refractivity (Wildman–Crippen MR) is 146 cm³/mol. The summed E-state index contributed by atoms with van der Waals surface area (Å²) in [6, 6.07) is 9.71. The normalized spacial score (nSPS) is 16.3. The third-order valence-corrected chi connectivity index (χ3v) is 9.48. The second-order valence-electron chi connectivity index (χ2n) is 9.28. The second-order valence-corrected chi connectivity index (χ2v) is 12.1. The summed E-state index contributed by atoms with van der Waals surface area (Å²) in [4.78, 5) is 30.6. The van der Waals surface area contributed by atoms with Gasteiger partial charge in [-0.3, -0.25) is 4.79 Å². The van der Waals surface area contributed by atoms with Gasteiger partial charge in [0.05, 0.1) is 17.2 Å². The number of carboxylic acid groups (broad SMARTS) is 1. The van der Waals surface area contributed by atoms with Crippen molar-refractivity contribution in [1.29, 1.82) is 0 Å². The van der Waals surface area contributed by atoms with Crippen LogP contribution in [0.3, 0.4) is 0 Å². The van der Waals surface area contributed by atoms with Crippen molar-refractivity contribution in [2.75, 3.05) is 31.6 Å². The van der Waals surface area contributed by atoms with Crippen molar-refractivity contribution in [2.24, 2.45) is 0 Å². The van der Waals surface area contributed by atoms with Gasteiger partial charge in [-0.25, -0.2) is 18.2 Å². The number of aryl methyl sites for hydroxylation is 1. The number of sulfonamides is 1. The Morgan fingerprint density at radius 3 is 2.31 bits per heavy atom. The van der Waals surface area contributed by atoms with Crippen LogP contribution in [0.2, 0.25) is 0 Å². The van der Waals surface area contributed by atoms with Crippen LogP contribution in [0.25, 0.3) is 0 Å². The van der Waals surface area contributed by atoms with Crippen molar-refractivity contribution in [3.05, 3.63) is 70.2 Å². The molecule has 0 spiro atoms. The predicted octanol–water partition coefficient (Wildman–Crippen LogP) is 3.39. The molecule has 2 N–H and O–H groups in total. The summed E-state index contributed by atoms with van der Waals surface area (Å²) in [7, 11) is -2.78. The van der Waals surface area contributed by atoms with Gasteiger partial charge in [0.1, 0.15) is 16.7 Å². The highest BCUT2D eigenvalue weighted by atomic mass is 32.2. The molecule has 1 atom stereocenters. The smallest absolute Gasteiger partial charge is 0.477 e. The highest BCUT2D eigenvalue weighted by Crippen LogP contribution is 2.31. The van der Waals surface area contributed by atoms with Crippen molar-refractivity contribution in [3.63, 3.8) is 0 Å². The van der Waals surface area contributed by atoms with Crippen molar-refractivity contribution >= 4 is 38.4 Å². The number of carbonyl (C=O) groups is 2. The number of carbonyl (C=O) groups excluding carboxylic acids is 1. The van der Waals surface area contributed by atoms with Gasteiger partial charge in [0.25, 0.3) is 0 Å². The van der Waals surface area contributed by atoms with Crippen LogP contribution in [0, 0.1) is 6.92 Å². The molecule has 2 heterocycles. The van der Waals surface area contributed by atoms with Crippen LogP contribution in [0.4, 0.5) is 18.3 Å². The zero-order chi connectivity index (χ0) is 30.7. The maximum absolute atomic E-state index is 13.6. The largest absolute Gasteiger partial charge is 0.573 e. The Kier molecular flexibility index (Phi) is 9.40. The number of benzene rings is 2. The average Bonchev–Trinajstić information content (AvgIpc) is 3.33. The fourth-order valence-corrected chi connectivity index (χ4v) is 6.84. The van der Waals surface area contributed by atoms with E-state index in [4.69, 9.17) is 4.74 Å². The van der Waals surface area contributed by atoms with E-state index in [1.54, 1.807) is 31.1 Å². The van der Waals surface area contributed by atoms with E-state index in [2.05, 4.69) is 15.0 Å². The molecule has 0 aliphatic carbocycles. The summed E-state index contributed by atoms with van der Waals surface area (Å²) in [6.07, 6.45) is -4.95. The topological polar surface area (TPSA) is 138 Å². The number of carboxylic acids is 1. The maximum atomic E-state index is 13.6. The average molecular weight is 629 g/mol. The number of piperazine rings is 1. The number of anilines is 1. The summed E-state index contributed by atoms with van der Waals surface area (Å²) in [5.74, 6) is -2.36. The number of ether oxygens (including phenoxy) is 2. The molecule has 226 valence electrons. The zero-order valence-electron chi connectivity index (χ0n) is 22.4. The van der Waals surface area contributed by atoms with Crippen LogP contribution in [-0.2, 0) is 32.7 Å². The molecule has 2 aromatic carbocycles. The molecule has 4 rings (SSSR count). The Labute approximate surface area is 243 Å². The number of nitrogens with one attached hydrogen (secondary N) is 1. The number of thiazole rings is 1. The van der Waals surface area contributed by atoms with Crippen LogP contribution in [0.15, 0.2) is 53.4 Å². The van der Waals surface area contributed by atoms with E-state index in [0.29, 0.717) is 11.7 Å². The lowest BCUT2D eigenvalue weighted by Crippen LogP contribution is -2.60. The number of alkyl halides is 3. The summed E-state index contributed by atoms with van der Waals surface area (Å²) in [6.45, 7) is 1.83. The van der Waals surface area contributed by atoms with Gasteiger partial charge in [0.2, 0.25) is 15.9 Å². The maximum Gasteiger partial charge on any atom is 0.573 e. The number of halogens is 3. The third-order valence-electron chi connectivity index (χ3n) is 6.35. The van der Waals surface area contributed by atoms with Crippen LogP contribution >= 0.6 is 11.3 Å². The molecule has 0 bridgehead atoms. The molecule has 1 aromatic heterocycles. The molecular formula is C26H27F3N4O7S2. The van der Waals surface area contributed by atoms with Crippen molar-refractivity contribution in [3.8, 4) is 5.75 Å². The van der Waals surface area contributed by atoms with Gasteiger partial charge >= 0.3 is 12.3 Å². The van der Waals surface area contributed by atoms with E-state index in [0.717, 1.165) is 51.0 Å². The van der Waals surface area contributed by atoms with Gasteiger partial charge < -0.3 is 24.8 Å². The van der Waals surface area contributed by atoms with Crippen molar-refractivity contribution in [1.82, 2.24) is 14.6 Å². The highest BCUT2D eigenvalue weighted by molar-refractivity contribution is 7.89. The molecule has 3 aromatic rings. The van der Waals surface area contributed by atoms with Gasteiger partial charge in [-0.15, -0.1) is 13.2 Å². The quantitative estimate of drug-likeness (QED) is 0.346. The van der Waals surface area contributed by atoms with E-state index >= 15 is 0 Å². The van der Waals surface area contributed by atoms with Gasteiger partial charge in [0, 0.05) is 33.3 Å². The molecule has 42 heavy (non-hydrogen) atoms. The molecule has 1 saturated heterocycles. The number of rotatable bonds is 10. The van der Waals surface area contributed by atoms with E-state index in [-0.39, 0.29) is 41.6 Å². The zero-order valence-corrected chi connectivity index (χ0v) is 24.1. The van der Waals surface area contributed by atoms with E-state index < -0.39 is 40.1 Å². The Balaban J connectivity index is 1.59. The molecule has 1 aliphatic rings. The van der Waals surface area contributed by atoms with Gasteiger partial charge in [-0.05, 0) is 42.3 Å². The van der Waals surface area contributed by atoms with Crippen LogP contribution in [0.1, 0.15) is 26.5 Å². The fraction of sp³-hybridized carbons (Fsp3) is 0.346. The lowest BCUT2D eigenvalue weighted by atomic mass is 10.1. The Morgan fingerprint density at radius 2 is 1.74 bits per heavy atom. The first kappa shape index (κ1) is 31.2. The lowest BCUT2D eigenvalue weighted by molar-refractivity contribution is -0.274. The molecule has 0 radical (unpaired) electrons. The second kappa shape index (κ2) is 12.6. The van der Waals surface area contributed by atoms with Crippen LogP contribution < -0.4 is 15.0 Å². The van der Waals surface area contributed by atoms with E-state index in [1.165, 1.54) is 0 Å². The number of hydrogen-bond donors (Lipinski definition) is 2. The Morgan fingerprint density at radius 1 is 1.10 bits per heavy atom. The van der Waals surface area contributed by atoms with Gasteiger partial charge in [-0.1, -0.05) is 35.6 Å². The molecule has 16 heteroatoms. The van der Waals surface area contributed by atoms with Crippen molar-refractivity contribution < 1.29 is 45.8 Å². The summed E-state index contributed by atoms with van der Waals surface area (Å²) in [5.41, 5.74) is 1.97. The van der Waals surface area contributed by atoms with Crippen LogP contribution in [-0.4, -0.2) is 73.8 Å². The number of hydrogen-bond acceptors (Lipinski definition) is 9. The first-order valence-corrected chi connectivity index (χ1v) is 14.7. The van der Waals surface area contributed by atoms with Gasteiger partial charge in [-0.2, -0.15) is 4.31 Å². The van der Waals surface area contributed by atoms with Crippen LogP contribution in [0.5, 0.6) is 5.75 Å². The number of nitrogens with zero attached hydrogens (tertiary/aromatic N) is 3. The van der Waals surface area contributed by atoms with E-state index in [9.17, 15) is 36.3 Å². The summed E-state index contributed by atoms with van der Waals surface area (Å²) in [5, 5.41) is 12.5. The number of aromatic carboxylic acids is 1. The van der Waals surface area contributed by atoms with E-state index in [1.807, 2.05) is 12.1 Å². The highest BCUT2D eigenvalue weighted by Gasteiger charge is 2.41. The molecule has 1 fully saturated rings. The molecule has 0 saturated carbocycles. The molecule has 1 aliphatic heterocycles. The van der Waals surface area contributed by atoms with Crippen molar-refractivity contribution in [2.45, 2.75) is 37.4 Å². The monoisotopic (exact) mass is 628 g/mol. The third kappa shape index (κ3) is 7.36. The Bertz CT molecular complexity index is 1530. The summed E-state index contributed by atoms with van der Waals surface area (Å²) >= 11 is 0.914. The fourth-order valence-electron chi connectivity index (χ4n) is 4.33. The SMILES string of the molecule is COCc1ccc(CNC(=O)[C@H]2CN(c3nc(C)c(C(=O)O)s3)CCN2S(=O)(=O)c2ccc(OC(F)(F)F)cc2)cc1.